The van der Waals surface area contributed by atoms with Gasteiger partial charge in [0.25, 0.3) is 20.2 Å². The summed E-state index contributed by atoms with van der Waals surface area (Å²) in [6.07, 6.45) is -1.12. The Morgan fingerprint density at radius 2 is 1.54 bits per heavy atom. The van der Waals surface area contributed by atoms with E-state index < -0.39 is 47.8 Å². The third kappa shape index (κ3) is 8.79. The van der Waals surface area contributed by atoms with Crippen LogP contribution in [0.5, 0.6) is 0 Å². The standard InChI is InChI=1S/C27H22FN9O10S3/c1-13-4-2-3-5-18(13)32-27-34-24(28)33-26(35-27)30-15-6-7-19(31-25(29)38)20(10-15)36-37-21-12-17-14(9-23(21)50(43,44)45)8-16(48-47-46-39)11-22(17)49(40,41)42/h2-12,39H,1H3,(H3,29,31,38)(H,40,41,42)(H,43,44,45)(H2,30,32,33,34,35)/b37-36+. The first-order chi connectivity index (χ1) is 23.6. The lowest BCUT2D eigenvalue weighted by molar-refractivity contribution is -0.432. The van der Waals surface area contributed by atoms with Crippen LogP contribution in [-0.2, 0) is 29.6 Å². The van der Waals surface area contributed by atoms with Crippen molar-refractivity contribution < 1.29 is 49.8 Å². The molecule has 0 bridgehead atoms. The lowest BCUT2D eigenvalue weighted by Gasteiger charge is -2.12. The van der Waals surface area contributed by atoms with Gasteiger partial charge in [-0.2, -0.15) is 36.2 Å². The number of rotatable bonds is 12. The Bertz CT molecular complexity index is 2380. The molecule has 50 heavy (non-hydrogen) atoms. The van der Waals surface area contributed by atoms with Crippen molar-refractivity contribution in [2.45, 2.75) is 21.6 Å². The predicted octanol–water partition coefficient (Wildman–Crippen LogP) is 5.79. The minimum atomic E-state index is -5.05. The van der Waals surface area contributed by atoms with Crippen molar-refractivity contribution in [2.24, 2.45) is 16.0 Å². The Morgan fingerprint density at radius 1 is 0.860 bits per heavy atom. The molecule has 4 aromatic carbocycles. The van der Waals surface area contributed by atoms with Crippen molar-refractivity contribution in [1.29, 1.82) is 0 Å². The summed E-state index contributed by atoms with van der Waals surface area (Å²) in [6, 6.07) is 14.0. The van der Waals surface area contributed by atoms with Crippen LogP contribution in [0.2, 0.25) is 0 Å². The molecular weight excluding hydrogens is 726 g/mol. The lowest BCUT2D eigenvalue weighted by atomic mass is 10.1. The van der Waals surface area contributed by atoms with E-state index in [0.717, 1.165) is 23.8 Å². The van der Waals surface area contributed by atoms with Crippen molar-refractivity contribution in [3.05, 3.63) is 78.4 Å². The van der Waals surface area contributed by atoms with Crippen molar-refractivity contribution in [1.82, 2.24) is 15.0 Å². The van der Waals surface area contributed by atoms with Gasteiger partial charge in [-0.05, 0) is 66.4 Å². The number of aromatic nitrogens is 3. The number of carbonyl (C=O) groups excluding carboxylic acids is 1. The van der Waals surface area contributed by atoms with Crippen molar-refractivity contribution >= 4 is 89.4 Å². The summed E-state index contributed by atoms with van der Waals surface area (Å²) >= 11 is 0.312. The molecule has 0 atom stereocenters. The fourth-order valence-electron chi connectivity index (χ4n) is 4.38. The summed E-state index contributed by atoms with van der Waals surface area (Å²) in [5, 5.41) is 27.3. The second-order valence-corrected chi connectivity index (χ2v) is 13.4. The number of para-hydroxylation sites is 1. The van der Waals surface area contributed by atoms with Gasteiger partial charge in [0, 0.05) is 21.7 Å². The molecule has 0 saturated heterocycles. The molecule has 260 valence electrons. The van der Waals surface area contributed by atoms with E-state index in [1.807, 2.05) is 19.1 Å². The molecule has 8 N–H and O–H groups in total. The Labute approximate surface area is 285 Å². The van der Waals surface area contributed by atoms with E-state index in [9.17, 15) is 35.1 Å². The van der Waals surface area contributed by atoms with Gasteiger partial charge >= 0.3 is 12.1 Å². The number of benzene rings is 4. The van der Waals surface area contributed by atoms with Crippen LogP contribution in [0.15, 0.2) is 91.6 Å². The largest absolute Gasteiger partial charge is 0.351 e. The van der Waals surface area contributed by atoms with Crippen LogP contribution in [0.3, 0.4) is 0 Å². The molecule has 2 amide bonds. The van der Waals surface area contributed by atoms with E-state index in [2.05, 4.69) is 50.5 Å². The smallest absolute Gasteiger partial charge is 0.316 e. The second kappa shape index (κ2) is 14.6. The topological polar surface area (TPSA) is 290 Å². The molecule has 0 aliphatic rings. The zero-order valence-electron chi connectivity index (χ0n) is 25.0. The minimum Gasteiger partial charge on any atom is -0.351 e. The highest BCUT2D eigenvalue weighted by molar-refractivity contribution is 7.94. The van der Waals surface area contributed by atoms with Gasteiger partial charge < -0.3 is 21.7 Å². The number of urea groups is 1. The number of aryl methyl sites for hydroxylation is 1. The van der Waals surface area contributed by atoms with Crippen LogP contribution in [0.25, 0.3) is 10.8 Å². The Balaban J connectivity index is 1.57. The number of nitrogens with one attached hydrogen (secondary N) is 3. The van der Waals surface area contributed by atoms with Gasteiger partial charge in [0.1, 0.15) is 21.2 Å². The van der Waals surface area contributed by atoms with Crippen LogP contribution in [-0.4, -0.2) is 52.2 Å². The van der Waals surface area contributed by atoms with Gasteiger partial charge in [0.05, 0.1) is 17.7 Å². The Morgan fingerprint density at radius 3 is 2.20 bits per heavy atom. The highest BCUT2D eigenvalue weighted by Crippen LogP contribution is 2.38. The average Bonchev–Trinajstić information content (AvgIpc) is 3.02. The molecule has 1 heterocycles. The number of hydrogen-bond acceptors (Lipinski definition) is 16. The molecular formula is C27H22FN9O10S3. The molecule has 0 aliphatic heterocycles. The lowest BCUT2D eigenvalue weighted by Crippen LogP contribution is -2.19. The van der Waals surface area contributed by atoms with Gasteiger partial charge in [0.15, 0.2) is 0 Å². The normalized spacial score (nSPS) is 11.9. The van der Waals surface area contributed by atoms with Crippen LogP contribution in [0.1, 0.15) is 5.56 Å². The molecule has 19 nitrogen and oxygen atoms in total. The number of nitrogens with zero attached hydrogens (tertiary/aromatic N) is 5. The molecule has 0 saturated carbocycles. The van der Waals surface area contributed by atoms with Gasteiger partial charge in [-0.25, -0.2) is 10.1 Å². The van der Waals surface area contributed by atoms with E-state index in [1.165, 1.54) is 24.3 Å². The highest BCUT2D eigenvalue weighted by atomic mass is 32.2. The summed E-state index contributed by atoms with van der Waals surface area (Å²) < 4.78 is 87.7. The Hall–Kier alpha value is -5.40. The number of halogens is 1. The number of anilines is 5. The summed E-state index contributed by atoms with van der Waals surface area (Å²) in [5.41, 5.74) is 6.05. The van der Waals surface area contributed by atoms with E-state index in [0.29, 0.717) is 17.7 Å². The highest BCUT2D eigenvalue weighted by Gasteiger charge is 2.23. The quantitative estimate of drug-likeness (QED) is 0.0261. The summed E-state index contributed by atoms with van der Waals surface area (Å²) in [7, 11) is -10.0. The molecule has 0 fully saturated rings. The maximum absolute atomic E-state index is 14.4. The van der Waals surface area contributed by atoms with E-state index in [4.69, 9.17) is 11.0 Å². The molecule has 0 radical (unpaired) electrons. The number of amides is 2. The predicted molar refractivity (Wildman–Crippen MR) is 176 cm³/mol. The van der Waals surface area contributed by atoms with Crippen LogP contribution < -0.4 is 21.7 Å². The third-order valence-electron chi connectivity index (χ3n) is 6.46. The fourth-order valence-corrected chi connectivity index (χ4v) is 6.28. The zero-order valence-corrected chi connectivity index (χ0v) is 27.4. The molecule has 23 heteroatoms. The maximum atomic E-state index is 14.4. The summed E-state index contributed by atoms with van der Waals surface area (Å²) in [4.78, 5) is 21.5. The molecule has 0 spiro atoms. The number of nitrogens with two attached hydrogens (primary N) is 1. The van der Waals surface area contributed by atoms with Gasteiger partial charge in [-0.15, -0.1) is 14.6 Å². The molecule has 0 aliphatic carbocycles. The maximum Gasteiger partial charge on any atom is 0.316 e. The zero-order chi connectivity index (χ0) is 36.2. The van der Waals surface area contributed by atoms with Crippen molar-refractivity contribution in [3.8, 4) is 0 Å². The number of carbonyl (C=O) groups is 1. The minimum absolute atomic E-state index is 0.0453. The number of hydrogen-bond donors (Lipinski definition) is 7. The molecule has 1 aromatic heterocycles. The molecule has 0 unspecified atom stereocenters. The fraction of sp³-hybridized carbons (Fsp3) is 0.0370. The first-order valence-corrected chi connectivity index (χ1v) is 17.1. The SMILES string of the molecule is Cc1ccccc1Nc1nc(F)nc(Nc2ccc(NC(N)=O)c(/N=N/c3cc4c(S(=O)(=O)O)cc(SOOO)cc4cc3S(=O)(=O)O)c2)n1. The average molecular weight is 748 g/mol. The van der Waals surface area contributed by atoms with Crippen molar-refractivity contribution in [3.63, 3.8) is 0 Å². The molecule has 5 rings (SSSR count). The van der Waals surface area contributed by atoms with Crippen LogP contribution in [0, 0.1) is 13.0 Å². The van der Waals surface area contributed by atoms with Gasteiger partial charge in [0.2, 0.25) is 11.9 Å². The Kier molecular flexibility index (Phi) is 10.5. The van der Waals surface area contributed by atoms with E-state index in [-0.39, 0.29) is 44.6 Å². The first kappa shape index (κ1) is 35.9. The van der Waals surface area contributed by atoms with Crippen molar-refractivity contribution in [2.75, 3.05) is 16.0 Å². The third-order valence-corrected chi connectivity index (χ3v) is 8.79. The van der Waals surface area contributed by atoms with Crippen LogP contribution in [0.4, 0.5) is 49.5 Å². The second-order valence-electron chi connectivity index (χ2n) is 9.88. The number of primary amides is 1. The number of azo groups is 1. The van der Waals surface area contributed by atoms with Gasteiger partial charge in [-0.1, -0.05) is 23.2 Å². The van der Waals surface area contributed by atoms with Gasteiger partial charge in [-0.3, -0.25) is 9.11 Å². The summed E-state index contributed by atoms with van der Waals surface area (Å²) in [5.74, 6) is -0.374. The molecule has 5 aromatic rings. The van der Waals surface area contributed by atoms with Crippen LogP contribution >= 0.6 is 12.0 Å². The first-order valence-electron chi connectivity index (χ1n) is 13.5. The van der Waals surface area contributed by atoms with E-state index >= 15 is 0 Å². The number of fused-ring (bicyclic) bond motifs is 1. The van der Waals surface area contributed by atoms with E-state index in [1.54, 1.807) is 12.1 Å². The summed E-state index contributed by atoms with van der Waals surface area (Å²) in [6.45, 7) is 1.82. The monoisotopic (exact) mass is 747 g/mol.